The SMILES string of the molecule is CC1CCC(C(=O)N2CCC(=O)c3ccccc32)CC1. The number of fused-ring (bicyclic) bond motifs is 1. The smallest absolute Gasteiger partial charge is 0.230 e. The number of hydrogen-bond donors (Lipinski definition) is 0. The summed E-state index contributed by atoms with van der Waals surface area (Å²) in [6.07, 6.45) is 4.72. The van der Waals surface area contributed by atoms with E-state index in [-0.39, 0.29) is 17.6 Å². The molecule has 20 heavy (non-hydrogen) atoms. The van der Waals surface area contributed by atoms with Crippen molar-refractivity contribution in [1.82, 2.24) is 0 Å². The first kappa shape index (κ1) is 13.3. The van der Waals surface area contributed by atoms with E-state index < -0.39 is 0 Å². The lowest BCUT2D eigenvalue weighted by molar-refractivity contribution is -0.123. The summed E-state index contributed by atoms with van der Waals surface area (Å²) in [7, 11) is 0. The minimum atomic E-state index is 0.146. The van der Waals surface area contributed by atoms with E-state index in [0.717, 1.165) is 37.3 Å². The molecule has 1 amide bonds. The van der Waals surface area contributed by atoms with E-state index in [9.17, 15) is 9.59 Å². The maximum Gasteiger partial charge on any atom is 0.230 e. The molecule has 0 spiro atoms. The average Bonchev–Trinajstić information content (AvgIpc) is 2.48. The molecule has 0 aromatic heterocycles. The summed E-state index contributed by atoms with van der Waals surface area (Å²) in [5.41, 5.74) is 1.52. The fraction of sp³-hybridized carbons (Fsp3) is 0.529. The molecule has 1 saturated carbocycles. The Labute approximate surface area is 120 Å². The Kier molecular flexibility index (Phi) is 3.60. The van der Waals surface area contributed by atoms with Gasteiger partial charge in [0.1, 0.15) is 0 Å². The fourth-order valence-electron chi connectivity index (χ4n) is 3.37. The van der Waals surface area contributed by atoms with Crippen LogP contribution in [0.5, 0.6) is 0 Å². The normalized spacial score (nSPS) is 26.2. The van der Waals surface area contributed by atoms with Crippen LogP contribution in [-0.4, -0.2) is 18.2 Å². The molecule has 1 aromatic carbocycles. The van der Waals surface area contributed by atoms with E-state index in [1.54, 1.807) is 0 Å². The minimum absolute atomic E-state index is 0.146. The van der Waals surface area contributed by atoms with Crippen LogP contribution in [0, 0.1) is 11.8 Å². The van der Waals surface area contributed by atoms with Gasteiger partial charge in [-0.1, -0.05) is 19.1 Å². The molecule has 0 atom stereocenters. The van der Waals surface area contributed by atoms with Crippen molar-refractivity contribution in [3.63, 3.8) is 0 Å². The Morgan fingerprint density at radius 2 is 1.85 bits per heavy atom. The van der Waals surface area contributed by atoms with Gasteiger partial charge in [0.05, 0.1) is 5.69 Å². The first-order chi connectivity index (χ1) is 9.66. The second-order valence-corrected chi connectivity index (χ2v) is 6.14. The lowest BCUT2D eigenvalue weighted by atomic mass is 9.82. The standard InChI is InChI=1S/C17H21NO2/c1-12-6-8-13(9-7-12)17(20)18-11-10-16(19)14-4-2-3-5-15(14)18/h2-5,12-13H,6-11H2,1H3. The van der Waals surface area contributed by atoms with Crippen molar-refractivity contribution >= 4 is 17.4 Å². The minimum Gasteiger partial charge on any atom is -0.311 e. The van der Waals surface area contributed by atoms with Crippen LogP contribution in [0.25, 0.3) is 0 Å². The molecule has 3 rings (SSSR count). The monoisotopic (exact) mass is 271 g/mol. The number of hydrogen-bond acceptors (Lipinski definition) is 2. The van der Waals surface area contributed by atoms with E-state index in [1.807, 2.05) is 29.2 Å². The van der Waals surface area contributed by atoms with Crippen molar-refractivity contribution in [2.75, 3.05) is 11.4 Å². The average molecular weight is 271 g/mol. The summed E-state index contributed by atoms with van der Waals surface area (Å²) in [4.78, 5) is 26.5. The molecule has 1 fully saturated rings. The van der Waals surface area contributed by atoms with Crippen molar-refractivity contribution in [3.05, 3.63) is 29.8 Å². The number of Topliss-reactive ketones (excluding diaryl/α,β-unsaturated/α-hetero) is 1. The molecule has 1 aromatic rings. The van der Waals surface area contributed by atoms with E-state index >= 15 is 0 Å². The molecule has 0 radical (unpaired) electrons. The van der Waals surface area contributed by atoms with E-state index in [1.165, 1.54) is 0 Å². The van der Waals surface area contributed by atoms with Gasteiger partial charge >= 0.3 is 0 Å². The van der Waals surface area contributed by atoms with Gasteiger partial charge in [-0.3, -0.25) is 9.59 Å². The Balaban J connectivity index is 1.82. The van der Waals surface area contributed by atoms with E-state index in [4.69, 9.17) is 0 Å². The molecule has 1 aliphatic carbocycles. The van der Waals surface area contributed by atoms with Gasteiger partial charge in [0.2, 0.25) is 5.91 Å². The van der Waals surface area contributed by atoms with Gasteiger partial charge in [-0.15, -0.1) is 0 Å². The number of carbonyl (C=O) groups excluding carboxylic acids is 2. The quantitative estimate of drug-likeness (QED) is 0.784. The highest BCUT2D eigenvalue weighted by molar-refractivity contribution is 6.09. The van der Waals surface area contributed by atoms with Gasteiger partial charge in [0.25, 0.3) is 0 Å². The molecule has 1 heterocycles. The van der Waals surface area contributed by atoms with Crippen LogP contribution in [-0.2, 0) is 4.79 Å². The second-order valence-electron chi connectivity index (χ2n) is 6.14. The van der Waals surface area contributed by atoms with E-state index in [0.29, 0.717) is 18.5 Å². The van der Waals surface area contributed by atoms with Crippen LogP contribution < -0.4 is 4.90 Å². The van der Waals surface area contributed by atoms with Crippen molar-refractivity contribution < 1.29 is 9.59 Å². The van der Waals surface area contributed by atoms with Crippen molar-refractivity contribution in [2.45, 2.75) is 39.0 Å². The van der Waals surface area contributed by atoms with Gasteiger partial charge in [-0.2, -0.15) is 0 Å². The number of ketones is 1. The molecule has 0 saturated heterocycles. The Morgan fingerprint density at radius 3 is 2.60 bits per heavy atom. The first-order valence-corrected chi connectivity index (χ1v) is 7.60. The topological polar surface area (TPSA) is 37.4 Å². The van der Waals surface area contributed by atoms with Crippen LogP contribution in [0.4, 0.5) is 5.69 Å². The van der Waals surface area contributed by atoms with Gasteiger partial charge in [0, 0.05) is 24.4 Å². The zero-order valence-electron chi connectivity index (χ0n) is 12.0. The third-order valence-corrected chi connectivity index (χ3v) is 4.69. The molecule has 0 bridgehead atoms. The molecular formula is C17H21NO2. The lowest BCUT2D eigenvalue weighted by Crippen LogP contribution is -2.42. The third-order valence-electron chi connectivity index (χ3n) is 4.69. The molecule has 106 valence electrons. The summed E-state index contributed by atoms with van der Waals surface area (Å²) in [5, 5.41) is 0. The first-order valence-electron chi connectivity index (χ1n) is 7.60. The molecule has 2 aliphatic rings. The third kappa shape index (κ3) is 2.37. The maximum absolute atomic E-state index is 12.7. The number of nitrogens with zero attached hydrogens (tertiary/aromatic N) is 1. The van der Waals surface area contributed by atoms with Crippen LogP contribution in [0.1, 0.15) is 49.4 Å². The molecular weight excluding hydrogens is 250 g/mol. The Bertz CT molecular complexity index is 530. The molecule has 3 nitrogen and oxygen atoms in total. The number of para-hydroxylation sites is 1. The summed E-state index contributed by atoms with van der Waals surface area (Å²) >= 11 is 0. The molecule has 0 unspecified atom stereocenters. The van der Waals surface area contributed by atoms with Gasteiger partial charge < -0.3 is 4.90 Å². The number of rotatable bonds is 1. The van der Waals surface area contributed by atoms with Crippen LogP contribution >= 0.6 is 0 Å². The fourth-order valence-corrected chi connectivity index (χ4v) is 3.37. The summed E-state index contributed by atoms with van der Waals surface area (Å²) in [5.74, 6) is 1.26. The second kappa shape index (κ2) is 5.39. The van der Waals surface area contributed by atoms with Gasteiger partial charge in [-0.05, 0) is 43.7 Å². The number of benzene rings is 1. The zero-order chi connectivity index (χ0) is 14.1. The van der Waals surface area contributed by atoms with Gasteiger partial charge in [-0.25, -0.2) is 0 Å². The predicted molar refractivity (Wildman–Crippen MR) is 78.9 cm³/mol. The Hall–Kier alpha value is -1.64. The zero-order valence-corrected chi connectivity index (χ0v) is 12.0. The van der Waals surface area contributed by atoms with Crippen LogP contribution in [0.3, 0.4) is 0 Å². The Morgan fingerprint density at radius 1 is 1.15 bits per heavy atom. The molecule has 1 aliphatic heterocycles. The lowest BCUT2D eigenvalue weighted by Gasteiger charge is -2.34. The van der Waals surface area contributed by atoms with Gasteiger partial charge in [0.15, 0.2) is 5.78 Å². The van der Waals surface area contributed by atoms with Crippen molar-refractivity contribution in [3.8, 4) is 0 Å². The number of anilines is 1. The highest BCUT2D eigenvalue weighted by Crippen LogP contribution is 2.33. The molecule has 3 heteroatoms. The predicted octanol–water partition coefficient (Wildman–Crippen LogP) is 3.43. The van der Waals surface area contributed by atoms with Crippen LogP contribution in [0.2, 0.25) is 0 Å². The van der Waals surface area contributed by atoms with E-state index in [2.05, 4.69) is 6.92 Å². The highest BCUT2D eigenvalue weighted by atomic mass is 16.2. The van der Waals surface area contributed by atoms with Crippen LogP contribution in [0.15, 0.2) is 24.3 Å². The summed E-state index contributed by atoms with van der Waals surface area (Å²) in [6, 6.07) is 7.50. The van der Waals surface area contributed by atoms with Crippen molar-refractivity contribution in [2.24, 2.45) is 11.8 Å². The molecule has 0 N–H and O–H groups in total. The van der Waals surface area contributed by atoms with Crippen molar-refractivity contribution in [1.29, 1.82) is 0 Å². The number of carbonyl (C=O) groups is 2. The summed E-state index contributed by atoms with van der Waals surface area (Å²) in [6.45, 7) is 2.80. The highest BCUT2D eigenvalue weighted by Gasteiger charge is 2.32. The summed E-state index contributed by atoms with van der Waals surface area (Å²) < 4.78 is 0. The number of amides is 1. The maximum atomic E-state index is 12.7. The largest absolute Gasteiger partial charge is 0.311 e.